The number of hydrogen-bond donors (Lipinski definition) is 2. The van der Waals surface area contributed by atoms with E-state index in [0.717, 1.165) is 5.56 Å². The molecule has 118 valence electrons. The van der Waals surface area contributed by atoms with Gasteiger partial charge in [0.1, 0.15) is 10.6 Å². The zero-order valence-corrected chi connectivity index (χ0v) is 13.2. The molecular formula is C14H22N2O4S. The van der Waals surface area contributed by atoms with E-state index in [1.165, 1.54) is 17.5 Å². The van der Waals surface area contributed by atoms with Gasteiger partial charge < -0.3 is 15.2 Å². The Hall–Kier alpha value is -1.41. The first-order valence-electron chi connectivity index (χ1n) is 6.54. The van der Waals surface area contributed by atoms with Crippen LogP contribution < -0.4 is 10.1 Å². The molecule has 7 heteroatoms. The highest BCUT2D eigenvalue weighted by molar-refractivity contribution is 7.89. The number of benzene rings is 1. The SMILES string of the molecule is C=CCN(CCO)S(=O)(=O)c1cc(CNC)ccc1OC. The third kappa shape index (κ3) is 4.28. The van der Waals surface area contributed by atoms with Gasteiger partial charge in [-0.3, -0.25) is 0 Å². The van der Waals surface area contributed by atoms with Crippen LogP contribution in [0.2, 0.25) is 0 Å². The molecule has 1 aromatic carbocycles. The highest BCUT2D eigenvalue weighted by Gasteiger charge is 2.26. The molecule has 0 radical (unpaired) electrons. The van der Waals surface area contributed by atoms with E-state index in [1.54, 1.807) is 25.2 Å². The molecule has 0 atom stereocenters. The number of sulfonamides is 1. The summed E-state index contributed by atoms with van der Waals surface area (Å²) in [6, 6.07) is 5.01. The first kappa shape index (κ1) is 17.6. The number of rotatable bonds is 9. The fraction of sp³-hybridized carbons (Fsp3) is 0.429. The van der Waals surface area contributed by atoms with Crippen LogP contribution in [-0.2, 0) is 16.6 Å². The molecule has 0 unspecified atom stereocenters. The smallest absolute Gasteiger partial charge is 0.247 e. The van der Waals surface area contributed by atoms with Gasteiger partial charge in [-0.05, 0) is 24.7 Å². The van der Waals surface area contributed by atoms with E-state index in [0.29, 0.717) is 6.54 Å². The largest absolute Gasteiger partial charge is 0.495 e. The van der Waals surface area contributed by atoms with E-state index < -0.39 is 10.0 Å². The Balaban J connectivity index is 3.32. The van der Waals surface area contributed by atoms with Crippen molar-refractivity contribution in [2.45, 2.75) is 11.4 Å². The maximum atomic E-state index is 12.7. The van der Waals surface area contributed by atoms with Crippen molar-refractivity contribution in [1.82, 2.24) is 9.62 Å². The summed E-state index contributed by atoms with van der Waals surface area (Å²) in [5, 5.41) is 12.0. The van der Waals surface area contributed by atoms with Gasteiger partial charge in [0.05, 0.1) is 13.7 Å². The number of hydrogen-bond acceptors (Lipinski definition) is 5. The second kappa shape index (κ2) is 8.14. The van der Waals surface area contributed by atoms with Gasteiger partial charge in [0.15, 0.2) is 0 Å². The number of aliphatic hydroxyl groups is 1. The van der Waals surface area contributed by atoms with Crippen molar-refractivity contribution in [1.29, 1.82) is 0 Å². The first-order chi connectivity index (χ1) is 10.0. The molecule has 0 aromatic heterocycles. The maximum Gasteiger partial charge on any atom is 0.247 e. The van der Waals surface area contributed by atoms with E-state index in [9.17, 15) is 8.42 Å². The summed E-state index contributed by atoms with van der Waals surface area (Å²) in [6.45, 7) is 3.98. The number of nitrogens with zero attached hydrogens (tertiary/aromatic N) is 1. The van der Waals surface area contributed by atoms with Crippen molar-refractivity contribution in [2.75, 3.05) is 33.9 Å². The second-order valence-corrected chi connectivity index (χ2v) is 6.30. The monoisotopic (exact) mass is 314 g/mol. The molecule has 0 aliphatic heterocycles. The highest BCUT2D eigenvalue weighted by atomic mass is 32.2. The van der Waals surface area contributed by atoms with E-state index in [4.69, 9.17) is 9.84 Å². The van der Waals surface area contributed by atoms with Crippen LogP contribution in [0.15, 0.2) is 35.7 Å². The molecule has 0 amide bonds. The molecule has 0 aliphatic rings. The Bertz CT molecular complexity index is 572. The summed E-state index contributed by atoms with van der Waals surface area (Å²) in [4.78, 5) is 0.0908. The quantitative estimate of drug-likeness (QED) is 0.652. The molecule has 1 aromatic rings. The summed E-state index contributed by atoms with van der Waals surface area (Å²) in [6.07, 6.45) is 1.48. The fourth-order valence-corrected chi connectivity index (χ4v) is 3.55. The molecule has 0 bridgehead atoms. The fourth-order valence-electron chi connectivity index (χ4n) is 1.94. The van der Waals surface area contributed by atoms with Crippen LogP contribution in [-0.4, -0.2) is 51.7 Å². The van der Waals surface area contributed by atoms with Gasteiger partial charge in [-0.2, -0.15) is 4.31 Å². The van der Waals surface area contributed by atoms with E-state index in [1.807, 2.05) is 0 Å². The number of methoxy groups -OCH3 is 1. The number of aliphatic hydroxyl groups excluding tert-OH is 1. The third-order valence-corrected chi connectivity index (χ3v) is 4.80. The minimum atomic E-state index is -3.76. The topological polar surface area (TPSA) is 78.9 Å². The molecular weight excluding hydrogens is 292 g/mol. The molecule has 0 spiro atoms. The van der Waals surface area contributed by atoms with Crippen molar-refractivity contribution < 1.29 is 18.3 Å². The minimum Gasteiger partial charge on any atom is -0.495 e. The van der Waals surface area contributed by atoms with Gasteiger partial charge in [0.2, 0.25) is 10.0 Å². The zero-order valence-electron chi connectivity index (χ0n) is 12.4. The average molecular weight is 314 g/mol. The lowest BCUT2D eigenvalue weighted by Gasteiger charge is -2.21. The van der Waals surface area contributed by atoms with Crippen LogP contribution in [0.1, 0.15) is 5.56 Å². The predicted octanol–water partition coefficient (Wildman–Crippen LogP) is 0.584. The van der Waals surface area contributed by atoms with E-state index in [2.05, 4.69) is 11.9 Å². The van der Waals surface area contributed by atoms with Crippen molar-refractivity contribution in [3.05, 3.63) is 36.4 Å². The number of nitrogens with one attached hydrogen (secondary N) is 1. The van der Waals surface area contributed by atoms with Crippen LogP contribution in [0.25, 0.3) is 0 Å². The lowest BCUT2D eigenvalue weighted by atomic mass is 10.2. The normalized spacial score (nSPS) is 11.6. The summed E-state index contributed by atoms with van der Waals surface area (Å²) in [7, 11) is -0.547. The van der Waals surface area contributed by atoms with Crippen LogP contribution in [0.5, 0.6) is 5.75 Å². The third-order valence-electron chi connectivity index (χ3n) is 2.91. The molecule has 0 aliphatic carbocycles. The lowest BCUT2D eigenvalue weighted by molar-refractivity contribution is 0.260. The van der Waals surface area contributed by atoms with Crippen molar-refractivity contribution in [3.8, 4) is 5.75 Å². The summed E-state index contributed by atoms with van der Waals surface area (Å²) < 4.78 is 31.8. The van der Waals surface area contributed by atoms with Crippen molar-refractivity contribution in [2.24, 2.45) is 0 Å². The van der Waals surface area contributed by atoms with Crippen LogP contribution >= 0.6 is 0 Å². The molecule has 0 saturated carbocycles. The van der Waals surface area contributed by atoms with E-state index >= 15 is 0 Å². The molecule has 6 nitrogen and oxygen atoms in total. The maximum absolute atomic E-state index is 12.7. The molecule has 1 rings (SSSR count). The Morgan fingerprint density at radius 3 is 2.71 bits per heavy atom. The second-order valence-electron chi connectivity index (χ2n) is 4.39. The molecule has 0 saturated heterocycles. The van der Waals surface area contributed by atoms with E-state index in [-0.39, 0.29) is 30.3 Å². The molecule has 0 fully saturated rings. The van der Waals surface area contributed by atoms with Gasteiger partial charge in [-0.25, -0.2) is 8.42 Å². The van der Waals surface area contributed by atoms with Gasteiger partial charge >= 0.3 is 0 Å². The predicted molar refractivity (Wildman–Crippen MR) is 81.8 cm³/mol. The molecule has 0 heterocycles. The first-order valence-corrected chi connectivity index (χ1v) is 7.98. The van der Waals surface area contributed by atoms with Crippen molar-refractivity contribution in [3.63, 3.8) is 0 Å². The highest BCUT2D eigenvalue weighted by Crippen LogP contribution is 2.27. The summed E-state index contributed by atoms with van der Waals surface area (Å²) in [5.74, 6) is 0.279. The standard InChI is InChI=1S/C14H22N2O4S/c1-4-7-16(8-9-17)21(18,19)14-10-12(11-15-2)5-6-13(14)20-3/h4-6,10,15,17H,1,7-9,11H2,2-3H3. The van der Waals surface area contributed by atoms with Gasteiger partial charge in [-0.15, -0.1) is 6.58 Å². The van der Waals surface area contributed by atoms with Gasteiger partial charge in [0, 0.05) is 19.6 Å². The Labute approximate surface area is 126 Å². The molecule has 2 N–H and O–H groups in total. The Morgan fingerprint density at radius 2 is 2.19 bits per heavy atom. The van der Waals surface area contributed by atoms with Crippen LogP contribution in [0.4, 0.5) is 0 Å². The Kier molecular flexibility index (Phi) is 6.83. The number of ether oxygens (including phenoxy) is 1. The van der Waals surface area contributed by atoms with Crippen LogP contribution in [0, 0.1) is 0 Å². The van der Waals surface area contributed by atoms with Gasteiger partial charge in [0.25, 0.3) is 0 Å². The minimum absolute atomic E-state index is 0.00770. The average Bonchev–Trinajstić information content (AvgIpc) is 2.47. The zero-order chi connectivity index (χ0) is 15.9. The summed E-state index contributed by atoms with van der Waals surface area (Å²) >= 11 is 0. The van der Waals surface area contributed by atoms with Crippen molar-refractivity contribution >= 4 is 10.0 Å². The van der Waals surface area contributed by atoms with Crippen LogP contribution in [0.3, 0.4) is 0 Å². The summed E-state index contributed by atoms with van der Waals surface area (Å²) in [5.41, 5.74) is 0.833. The lowest BCUT2D eigenvalue weighted by Crippen LogP contribution is -2.34. The van der Waals surface area contributed by atoms with Gasteiger partial charge in [-0.1, -0.05) is 12.1 Å². The Morgan fingerprint density at radius 1 is 1.48 bits per heavy atom. The molecule has 21 heavy (non-hydrogen) atoms.